The van der Waals surface area contributed by atoms with Gasteiger partial charge < -0.3 is 14.6 Å². The van der Waals surface area contributed by atoms with Crippen LogP contribution in [0.4, 0.5) is 0 Å². The molecule has 202 valence electrons. The summed E-state index contributed by atoms with van der Waals surface area (Å²) in [5.74, 6) is 1.14. The predicted molar refractivity (Wildman–Crippen MR) is 143 cm³/mol. The number of ether oxygens (including phenoxy) is 2. The standard InChI is InChI=1S/C31H48O5/c1-20-10-14-26(35-22(3)32)19-25(20)13-12-24-9-8-18-31(7)27(15-16-28(24)31)21(2)11-17-29(30(5,6)34)36-23(4)33/h9,12-13,21,26-29,34H,8,10-11,14-19H2,1-7H3/b13-12+/t21-,26+,27-,28+,29-,31-/m1/s1. The molecule has 3 rings (SSSR count). The van der Waals surface area contributed by atoms with Crippen molar-refractivity contribution >= 4 is 11.9 Å². The first-order valence-electron chi connectivity index (χ1n) is 13.9. The molecule has 3 aliphatic carbocycles. The first kappa shape index (κ1) is 28.7. The highest BCUT2D eigenvalue weighted by Crippen LogP contribution is 2.59. The molecule has 0 bridgehead atoms. The Morgan fingerprint density at radius 3 is 2.53 bits per heavy atom. The lowest BCUT2D eigenvalue weighted by Gasteiger charge is -2.43. The molecular weight excluding hydrogens is 452 g/mol. The summed E-state index contributed by atoms with van der Waals surface area (Å²) in [6.45, 7) is 13.4. The number of carbonyl (C=O) groups excluding carboxylic acids is 2. The Balaban J connectivity index is 1.67. The second-order valence-corrected chi connectivity index (χ2v) is 12.4. The molecule has 0 amide bonds. The molecule has 6 atom stereocenters. The lowest BCUT2D eigenvalue weighted by molar-refractivity contribution is -0.160. The first-order chi connectivity index (χ1) is 16.8. The highest BCUT2D eigenvalue weighted by atomic mass is 16.6. The maximum Gasteiger partial charge on any atom is 0.303 e. The second kappa shape index (κ2) is 11.7. The number of fused-ring (bicyclic) bond motifs is 1. The van der Waals surface area contributed by atoms with Gasteiger partial charge in [-0.15, -0.1) is 0 Å². The van der Waals surface area contributed by atoms with E-state index < -0.39 is 11.7 Å². The van der Waals surface area contributed by atoms with Crippen molar-refractivity contribution in [2.45, 2.75) is 124 Å². The van der Waals surface area contributed by atoms with Crippen molar-refractivity contribution in [3.63, 3.8) is 0 Å². The molecule has 5 nitrogen and oxygen atoms in total. The fourth-order valence-corrected chi connectivity index (χ4v) is 7.16. The molecule has 0 aliphatic heterocycles. The molecule has 0 unspecified atom stereocenters. The minimum absolute atomic E-state index is 0.00660. The number of aliphatic hydroxyl groups is 1. The zero-order chi connectivity index (χ0) is 26.7. The number of esters is 2. The van der Waals surface area contributed by atoms with Crippen molar-refractivity contribution in [3.05, 3.63) is 34.9 Å². The zero-order valence-electron chi connectivity index (χ0n) is 23.6. The molecule has 3 aliphatic rings. The summed E-state index contributed by atoms with van der Waals surface area (Å²) in [6, 6.07) is 0. The van der Waals surface area contributed by atoms with Crippen LogP contribution in [0.2, 0.25) is 0 Å². The molecule has 1 saturated carbocycles. The predicted octanol–water partition coefficient (Wildman–Crippen LogP) is 6.85. The first-order valence-corrected chi connectivity index (χ1v) is 13.9. The summed E-state index contributed by atoms with van der Waals surface area (Å²) in [7, 11) is 0. The van der Waals surface area contributed by atoms with Crippen LogP contribution >= 0.6 is 0 Å². The van der Waals surface area contributed by atoms with E-state index in [4.69, 9.17) is 9.47 Å². The van der Waals surface area contributed by atoms with Crippen LogP contribution in [0.25, 0.3) is 0 Å². The Morgan fingerprint density at radius 1 is 1.17 bits per heavy atom. The molecular formula is C31H48O5. The van der Waals surface area contributed by atoms with Gasteiger partial charge in [-0.25, -0.2) is 0 Å². The lowest BCUT2D eigenvalue weighted by Crippen LogP contribution is -2.40. The van der Waals surface area contributed by atoms with Crippen molar-refractivity contribution in [2.24, 2.45) is 23.2 Å². The fourth-order valence-electron chi connectivity index (χ4n) is 7.16. The maximum absolute atomic E-state index is 11.6. The maximum atomic E-state index is 11.6. The van der Waals surface area contributed by atoms with Gasteiger partial charge in [0, 0.05) is 20.3 Å². The molecule has 36 heavy (non-hydrogen) atoms. The van der Waals surface area contributed by atoms with Crippen LogP contribution in [-0.2, 0) is 19.1 Å². The van der Waals surface area contributed by atoms with Gasteiger partial charge >= 0.3 is 11.9 Å². The number of hydrogen-bond donors (Lipinski definition) is 1. The molecule has 5 heteroatoms. The SMILES string of the molecule is CC(=O)O[C@H]1CCC(C)=C(/C=C/C2=CCC[C@]3(C)[C@@H]([C@H](C)CC[C@@H](OC(C)=O)C(C)(C)O)CC[C@@H]23)C1. The third-order valence-electron chi connectivity index (χ3n) is 9.19. The summed E-state index contributed by atoms with van der Waals surface area (Å²) in [5, 5.41) is 10.5. The molecule has 1 fully saturated rings. The summed E-state index contributed by atoms with van der Waals surface area (Å²) in [6.07, 6.45) is 15.6. The minimum atomic E-state index is -1.04. The molecule has 0 aromatic rings. The highest BCUT2D eigenvalue weighted by molar-refractivity contribution is 5.66. The number of hydrogen-bond acceptors (Lipinski definition) is 5. The van der Waals surface area contributed by atoms with Crippen LogP contribution in [0.1, 0.15) is 106 Å². The van der Waals surface area contributed by atoms with E-state index in [1.165, 1.54) is 49.8 Å². The number of rotatable bonds is 9. The Hall–Kier alpha value is -1.88. The van der Waals surface area contributed by atoms with E-state index in [9.17, 15) is 14.7 Å². The molecule has 0 heterocycles. The lowest BCUT2D eigenvalue weighted by atomic mass is 9.62. The average Bonchev–Trinajstić information content (AvgIpc) is 3.13. The van der Waals surface area contributed by atoms with Crippen LogP contribution in [-0.4, -0.2) is 34.9 Å². The summed E-state index contributed by atoms with van der Waals surface area (Å²) in [5.41, 5.74) is 3.39. The summed E-state index contributed by atoms with van der Waals surface area (Å²) < 4.78 is 11.0. The Bertz CT molecular complexity index is 904. The van der Waals surface area contributed by atoms with Crippen molar-refractivity contribution in [1.29, 1.82) is 0 Å². The largest absolute Gasteiger partial charge is 0.462 e. The summed E-state index contributed by atoms with van der Waals surface area (Å²) in [4.78, 5) is 23.0. The normalized spacial score (nSPS) is 30.6. The summed E-state index contributed by atoms with van der Waals surface area (Å²) >= 11 is 0. The van der Waals surface area contributed by atoms with E-state index in [2.05, 4.69) is 39.0 Å². The van der Waals surface area contributed by atoms with Gasteiger partial charge in [0.1, 0.15) is 12.2 Å². The van der Waals surface area contributed by atoms with Crippen molar-refractivity contribution < 1.29 is 24.2 Å². The van der Waals surface area contributed by atoms with E-state index in [-0.39, 0.29) is 23.5 Å². The number of carbonyl (C=O) groups is 2. The van der Waals surface area contributed by atoms with E-state index in [0.717, 1.165) is 32.1 Å². The van der Waals surface area contributed by atoms with Gasteiger partial charge in [0.2, 0.25) is 0 Å². The molecule has 1 N–H and O–H groups in total. The molecule has 0 aromatic heterocycles. The van der Waals surface area contributed by atoms with E-state index in [1.807, 2.05) is 0 Å². The monoisotopic (exact) mass is 500 g/mol. The van der Waals surface area contributed by atoms with Gasteiger partial charge in [-0.3, -0.25) is 9.59 Å². The second-order valence-electron chi connectivity index (χ2n) is 12.4. The van der Waals surface area contributed by atoms with Gasteiger partial charge in [0.05, 0.1) is 5.60 Å². The average molecular weight is 501 g/mol. The van der Waals surface area contributed by atoms with Crippen molar-refractivity contribution in [3.8, 4) is 0 Å². The van der Waals surface area contributed by atoms with Gasteiger partial charge in [0.25, 0.3) is 0 Å². The third-order valence-corrected chi connectivity index (χ3v) is 9.19. The Labute approximate surface area is 218 Å². The molecule has 0 aromatic carbocycles. The minimum Gasteiger partial charge on any atom is -0.462 e. The van der Waals surface area contributed by atoms with Crippen molar-refractivity contribution in [1.82, 2.24) is 0 Å². The van der Waals surface area contributed by atoms with Gasteiger partial charge in [-0.1, -0.05) is 37.6 Å². The molecule has 0 radical (unpaired) electrons. The Morgan fingerprint density at radius 2 is 1.89 bits per heavy atom. The topological polar surface area (TPSA) is 72.8 Å². The van der Waals surface area contributed by atoms with Gasteiger partial charge in [-0.05, 0) is 106 Å². The van der Waals surface area contributed by atoms with Gasteiger partial charge in [0.15, 0.2) is 0 Å². The van der Waals surface area contributed by atoms with Gasteiger partial charge in [-0.2, -0.15) is 0 Å². The van der Waals surface area contributed by atoms with Crippen LogP contribution in [0.5, 0.6) is 0 Å². The Kier molecular flexibility index (Phi) is 9.30. The van der Waals surface area contributed by atoms with Crippen LogP contribution in [0.15, 0.2) is 34.9 Å². The zero-order valence-corrected chi connectivity index (χ0v) is 23.6. The smallest absolute Gasteiger partial charge is 0.303 e. The van der Waals surface area contributed by atoms with E-state index in [1.54, 1.807) is 13.8 Å². The fraction of sp³-hybridized carbons (Fsp3) is 0.742. The van der Waals surface area contributed by atoms with Crippen LogP contribution in [0, 0.1) is 23.2 Å². The van der Waals surface area contributed by atoms with Crippen molar-refractivity contribution in [2.75, 3.05) is 0 Å². The van der Waals surface area contributed by atoms with E-state index >= 15 is 0 Å². The van der Waals surface area contributed by atoms with E-state index in [0.29, 0.717) is 24.2 Å². The van der Waals surface area contributed by atoms with Crippen LogP contribution < -0.4 is 0 Å². The van der Waals surface area contributed by atoms with Crippen LogP contribution in [0.3, 0.4) is 0 Å². The highest BCUT2D eigenvalue weighted by Gasteiger charge is 2.50. The molecule has 0 saturated heterocycles. The third kappa shape index (κ3) is 6.90. The molecule has 0 spiro atoms. The quantitative estimate of drug-likeness (QED) is 0.351. The number of allylic oxidation sites excluding steroid dienone is 5.